The quantitative estimate of drug-likeness (QED) is 0.873. The Labute approximate surface area is 123 Å². The zero-order valence-electron chi connectivity index (χ0n) is 11.8. The van der Waals surface area contributed by atoms with Gasteiger partial charge in [-0.05, 0) is 31.5 Å². The Bertz CT molecular complexity index is 652. The number of ether oxygens (including phenoxy) is 1. The first-order valence-electron chi connectivity index (χ1n) is 6.94. The molecule has 1 unspecified atom stereocenters. The maximum Gasteiger partial charge on any atom is 0.419 e. The van der Waals surface area contributed by atoms with Gasteiger partial charge in [0.15, 0.2) is 0 Å². The van der Waals surface area contributed by atoms with E-state index in [9.17, 15) is 9.90 Å². The van der Waals surface area contributed by atoms with Crippen LogP contribution in [0.5, 0.6) is 5.75 Å². The molecule has 1 N–H and O–H groups in total. The second-order valence-electron chi connectivity index (χ2n) is 5.37. The van der Waals surface area contributed by atoms with Gasteiger partial charge in [-0.15, -0.1) is 0 Å². The van der Waals surface area contributed by atoms with Crippen LogP contribution in [0.3, 0.4) is 0 Å². The maximum absolute atomic E-state index is 12.4. The Morgan fingerprint density at radius 2 is 1.81 bits per heavy atom. The van der Waals surface area contributed by atoms with Crippen molar-refractivity contribution in [3.05, 3.63) is 60.2 Å². The number of benzene rings is 2. The van der Waals surface area contributed by atoms with Crippen LogP contribution in [0.15, 0.2) is 54.6 Å². The number of hydrogen-bond acceptors (Lipinski definition) is 3. The van der Waals surface area contributed by atoms with E-state index in [-0.39, 0.29) is 0 Å². The van der Waals surface area contributed by atoms with E-state index in [0.717, 1.165) is 5.56 Å². The van der Waals surface area contributed by atoms with Crippen LogP contribution in [0.2, 0.25) is 0 Å². The zero-order chi connectivity index (χ0) is 14.9. The predicted octanol–water partition coefficient (Wildman–Crippen LogP) is 3.30. The highest BCUT2D eigenvalue weighted by Gasteiger charge is 2.35. The number of aliphatic hydroxyl groups is 1. The summed E-state index contributed by atoms with van der Waals surface area (Å²) in [6.07, 6.45) is 0.0533. The van der Waals surface area contributed by atoms with Crippen molar-refractivity contribution in [2.24, 2.45) is 0 Å². The number of rotatable bonds is 1. The van der Waals surface area contributed by atoms with Crippen LogP contribution in [0.25, 0.3) is 0 Å². The summed E-state index contributed by atoms with van der Waals surface area (Å²) in [5.41, 5.74) is 0.538. The fraction of sp³-hybridized carbons (Fsp3) is 0.235. The molecule has 4 heteroatoms. The average molecular weight is 283 g/mol. The van der Waals surface area contributed by atoms with Gasteiger partial charge in [0.2, 0.25) is 0 Å². The van der Waals surface area contributed by atoms with Crippen molar-refractivity contribution in [2.75, 3.05) is 11.4 Å². The van der Waals surface area contributed by atoms with Crippen molar-refractivity contribution in [3.8, 4) is 5.75 Å². The van der Waals surface area contributed by atoms with Crippen LogP contribution < -0.4 is 9.64 Å². The Morgan fingerprint density at radius 1 is 1.14 bits per heavy atom. The number of para-hydroxylation sites is 2. The van der Waals surface area contributed by atoms with E-state index < -0.39 is 11.7 Å². The third-order valence-electron chi connectivity index (χ3n) is 3.77. The van der Waals surface area contributed by atoms with Crippen molar-refractivity contribution >= 4 is 11.8 Å². The van der Waals surface area contributed by atoms with Crippen molar-refractivity contribution in [1.82, 2.24) is 0 Å². The normalized spacial score (nSPS) is 20.8. The van der Waals surface area contributed by atoms with Gasteiger partial charge >= 0.3 is 6.09 Å². The molecule has 0 bridgehead atoms. The minimum Gasteiger partial charge on any atom is -0.410 e. The molecule has 1 heterocycles. The summed E-state index contributed by atoms with van der Waals surface area (Å²) in [7, 11) is 0. The summed E-state index contributed by atoms with van der Waals surface area (Å²) >= 11 is 0. The number of nitrogens with zero attached hydrogens (tertiary/aromatic N) is 1. The lowest BCUT2D eigenvalue weighted by molar-refractivity contribution is 0.0458. The van der Waals surface area contributed by atoms with Gasteiger partial charge in [-0.1, -0.05) is 36.4 Å². The number of amides is 1. The second-order valence-corrected chi connectivity index (χ2v) is 5.37. The molecule has 4 nitrogen and oxygen atoms in total. The monoisotopic (exact) mass is 283 g/mol. The Morgan fingerprint density at radius 3 is 2.57 bits per heavy atom. The molecule has 0 radical (unpaired) electrons. The van der Waals surface area contributed by atoms with Gasteiger partial charge in [-0.3, -0.25) is 4.90 Å². The summed E-state index contributed by atoms with van der Waals surface area (Å²) in [5, 5.41) is 10.4. The molecule has 3 rings (SSSR count). The van der Waals surface area contributed by atoms with Gasteiger partial charge < -0.3 is 9.84 Å². The van der Waals surface area contributed by atoms with E-state index in [0.29, 0.717) is 24.4 Å². The van der Waals surface area contributed by atoms with Gasteiger partial charge in [0.1, 0.15) is 5.75 Å². The van der Waals surface area contributed by atoms with Crippen molar-refractivity contribution in [3.63, 3.8) is 0 Å². The first-order valence-corrected chi connectivity index (χ1v) is 6.94. The highest BCUT2D eigenvalue weighted by atomic mass is 16.6. The number of carbonyl (C=O) groups is 1. The van der Waals surface area contributed by atoms with Crippen LogP contribution in [-0.2, 0) is 5.60 Å². The molecule has 0 spiro atoms. The zero-order valence-corrected chi connectivity index (χ0v) is 11.8. The van der Waals surface area contributed by atoms with Gasteiger partial charge in [0, 0.05) is 12.1 Å². The van der Waals surface area contributed by atoms with Crippen molar-refractivity contribution in [2.45, 2.75) is 18.9 Å². The van der Waals surface area contributed by atoms with Crippen LogP contribution >= 0.6 is 0 Å². The van der Waals surface area contributed by atoms with Crippen molar-refractivity contribution < 1.29 is 14.6 Å². The minimum absolute atomic E-state index is 0.426. The molecular weight excluding hydrogens is 266 g/mol. The third-order valence-corrected chi connectivity index (χ3v) is 3.77. The lowest BCUT2D eigenvalue weighted by atomic mass is 9.87. The molecule has 1 amide bonds. The van der Waals surface area contributed by atoms with Crippen LogP contribution in [-0.4, -0.2) is 17.7 Å². The van der Waals surface area contributed by atoms with Gasteiger partial charge in [0.25, 0.3) is 0 Å². The minimum atomic E-state index is -0.917. The van der Waals surface area contributed by atoms with E-state index >= 15 is 0 Å². The SMILES string of the molecule is CC1(O)CCN(C(=O)Oc2ccccc2)c2ccccc21. The lowest BCUT2D eigenvalue weighted by Crippen LogP contribution is -2.43. The molecule has 1 aliphatic heterocycles. The fourth-order valence-corrected chi connectivity index (χ4v) is 2.58. The van der Waals surface area contributed by atoms with Crippen LogP contribution in [0.1, 0.15) is 18.9 Å². The maximum atomic E-state index is 12.4. The summed E-state index contributed by atoms with van der Waals surface area (Å²) < 4.78 is 5.38. The molecule has 2 aromatic carbocycles. The molecule has 0 aliphatic carbocycles. The molecule has 0 fully saturated rings. The smallest absolute Gasteiger partial charge is 0.410 e. The van der Waals surface area contributed by atoms with Crippen LogP contribution in [0, 0.1) is 0 Å². The second kappa shape index (κ2) is 5.22. The Balaban J connectivity index is 1.88. The highest BCUT2D eigenvalue weighted by Crippen LogP contribution is 2.38. The first-order chi connectivity index (χ1) is 10.1. The molecule has 1 atom stereocenters. The van der Waals surface area contributed by atoms with E-state index in [1.165, 1.54) is 0 Å². The fourth-order valence-electron chi connectivity index (χ4n) is 2.58. The van der Waals surface area contributed by atoms with Crippen LogP contribution in [0.4, 0.5) is 10.5 Å². The number of carbonyl (C=O) groups excluding carboxylic acids is 1. The number of hydrogen-bond donors (Lipinski definition) is 1. The summed E-state index contributed by atoms with van der Waals surface area (Å²) in [4.78, 5) is 13.9. The lowest BCUT2D eigenvalue weighted by Gasteiger charge is -2.37. The summed E-state index contributed by atoms with van der Waals surface area (Å²) in [6, 6.07) is 16.4. The Hall–Kier alpha value is -2.33. The van der Waals surface area contributed by atoms with E-state index in [1.54, 1.807) is 24.0 Å². The molecule has 108 valence electrons. The van der Waals surface area contributed by atoms with E-state index in [2.05, 4.69) is 0 Å². The van der Waals surface area contributed by atoms with E-state index in [1.807, 2.05) is 42.5 Å². The molecule has 2 aromatic rings. The van der Waals surface area contributed by atoms with Gasteiger partial charge in [-0.2, -0.15) is 0 Å². The summed E-state index contributed by atoms with van der Waals surface area (Å²) in [5.74, 6) is 0.511. The molecule has 0 saturated heterocycles. The first kappa shape index (κ1) is 13.6. The topological polar surface area (TPSA) is 49.8 Å². The average Bonchev–Trinajstić information content (AvgIpc) is 2.48. The highest BCUT2D eigenvalue weighted by molar-refractivity contribution is 5.91. The predicted molar refractivity (Wildman–Crippen MR) is 80.4 cm³/mol. The molecule has 1 aliphatic rings. The third kappa shape index (κ3) is 2.62. The Kier molecular flexibility index (Phi) is 3.39. The van der Waals surface area contributed by atoms with Crippen molar-refractivity contribution in [1.29, 1.82) is 0 Å². The van der Waals surface area contributed by atoms with Gasteiger partial charge in [-0.25, -0.2) is 4.79 Å². The van der Waals surface area contributed by atoms with Gasteiger partial charge in [0.05, 0.1) is 11.3 Å². The molecule has 0 aromatic heterocycles. The number of fused-ring (bicyclic) bond motifs is 1. The standard InChI is InChI=1S/C17H17NO3/c1-17(20)11-12-18(15-10-6-5-9-14(15)17)16(19)21-13-7-3-2-4-8-13/h2-10,20H,11-12H2,1H3. The largest absolute Gasteiger partial charge is 0.419 e. The molecular formula is C17H17NO3. The van der Waals surface area contributed by atoms with E-state index in [4.69, 9.17) is 4.74 Å². The summed E-state index contributed by atoms with van der Waals surface area (Å²) in [6.45, 7) is 2.20. The number of anilines is 1. The molecule has 0 saturated carbocycles. The molecule has 21 heavy (non-hydrogen) atoms.